The molecule has 9 heteroatoms. The van der Waals surface area contributed by atoms with E-state index in [1.807, 2.05) is 23.6 Å². The normalized spacial score (nSPS) is 14.3. The standard InChI is InChI=1S/C18H18N4O3S2/c23-16(11-19-17(24)14-2-1-9-26-14)20-12-3-4-13-15(10-12)27-18(21-13)22-5-7-25-8-6-22/h1-4,9-10H,5-8,11H2,(H,19,24)(H,20,23). The van der Waals surface area contributed by atoms with Gasteiger partial charge in [-0.25, -0.2) is 4.98 Å². The van der Waals surface area contributed by atoms with E-state index in [0.29, 0.717) is 23.8 Å². The topological polar surface area (TPSA) is 83.6 Å². The summed E-state index contributed by atoms with van der Waals surface area (Å²) in [6.45, 7) is 3.04. The summed E-state index contributed by atoms with van der Waals surface area (Å²) in [5.74, 6) is -0.509. The number of nitrogens with zero attached hydrogens (tertiary/aromatic N) is 2. The predicted molar refractivity (Wildman–Crippen MR) is 108 cm³/mol. The van der Waals surface area contributed by atoms with Gasteiger partial charge in [0.25, 0.3) is 5.91 Å². The molecule has 1 aliphatic heterocycles. The molecule has 3 heterocycles. The van der Waals surface area contributed by atoms with Gasteiger partial charge >= 0.3 is 0 Å². The van der Waals surface area contributed by atoms with Crippen molar-refractivity contribution in [2.45, 2.75) is 0 Å². The Balaban J connectivity index is 1.38. The number of ether oxygens (including phenoxy) is 1. The number of thiazole rings is 1. The monoisotopic (exact) mass is 402 g/mol. The van der Waals surface area contributed by atoms with Gasteiger partial charge in [0.15, 0.2) is 5.13 Å². The van der Waals surface area contributed by atoms with Gasteiger partial charge < -0.3 is 20.3 Å². The summed E-state index contributed by atoms with van der Waals surface area (Å²) >= 11 is 2.94. The van der Waals surface area contributed by atoms with E-state index in [1.165, 1.54) is 11.3 Å². The minimum atomic E-state index is -0.267. The van der Waals surface area contributed by atoms with Crippen molar-refractivity contribution in [3.63, 3.8) is 0 Å². The highest BCUT2D eigenvalue weighted by atomic mass is 32.1. The molecule has 0 aliphatic carbocycles. The zero-order valence-electron chi connectivity index (χ0n) is 14.4. The summed E-state index contributed by atoms with van der Waals surface area (Å²) in [7, 11) is 0. The van der Waals surface area contributed by atoms with Crippen LogP contribution in [-0.2, 0) is 9.53 Å². The minimum Gasteiger partial charge on any atom is -0.378 e. The Hall–Kier alpha value is -2.49. The average molecular weight is 403 g/mol. The lowest BCUT2D eigenvalue weighted by Gasteiger charge is -2.25. The Morgan fingerprint density at radius 3 is 2.85 bits per heavy atom. The second-order valence-corrected chi connectivity index (χ2v) is 7.94. The van der Waals surface area contributed by atoms with E-state index in [2.05, 4.69) is 20.5 Å². The molecule has 7 nitrogen and oxygen atoms in total. The fourth-order valence-electron chi connectivity index (χ4n) is 2.74. The van der Waals surface area contributed by atoms with Crippen LogP contribution in [0.3, 0.4) is 0 Å². The predicted octanol–water partition coefficient (Wildman–Crippen LogP) is 2.56. The molecule has 27 heavy (non-hydrogen) atoms. The second-order valence-electron chi connectivity index (χ2n) is 5.99. The summed E-state index contributed by atoms with van der Waals surface area (Å²) in [6, 6.07) is 9.16. The first-order valence-electron chi connectivity index (χ1n) is 8.54. The van der Waals surface area contributed by atoms with Crippen molar-refractivity contribution in [3.05, 3.63) is 40.6 Å². The maximum atomic E-state index is 12.1. The third-order valence-electron chi connectivity index (χ3n) is 4.10. The van der Waals surface area contributed by atoms with Crippen LogP contribution in [0.2, 0.25) is 0 Å². The number of nitrogens with one attached hydrogen (secondary N) is 2. The van der Waals surface area contributed by atoms with Gasteiger partial charge in [-0.05, 0) is 29.6 Å². The van der Waals surface area contributed by atoms with Crippen LogP contribution in [0.15, 0.2) is 35.7 Å². The van der Waals surface area contributed by atoms with Crippen LogP contribution in [0.1, 0.15) is 9.67 Å². The van der Waals surface area contributed by atoms with E-state index in [1.54, 1.807) is 23.5 Å². The van der Waals surface area contributed by atoms with E-state index >= 15 is 0 Å². The number of carbonyl (C=O) groups excluding carboxylic acids is 2. The summed E-state index contributed by atoms with van der Waals surface area (Å²) in [4.78, 5) is 31.5. The molecule has 2 aromatic heterocycles. The SMILES string of the molecule is O=C(CNC(=O)c1cccs1)Nc1ccc2nc(N3CCOCC3)sc2c1. The maximum Gasteiger partial charge on any atom is 0.261 e. The lowest BCUT2D eigenvalue weighted by molar-refractivity contribution is -0.115. The van der Waals surface area contributed by atoms with Crippen LogP contribution in [0.5, 0.6) is 0 Å². The molecular formula is C18H18N4O3S2. The van der Waals surface area contributed by atoms with Gasteiger partial charge in [-0.1, -0.05) is 17.4 Å². The lowest BCUT2D eigenvalue weighted by atomic mass is 10.3. The van der Waals surface area contributed by atoms with Gasteiger partial charge in [0.1, 0.15) is 0 Å². The highest BCUT2D eigenvalue weighted by Crippen LogP contribution is 2.31. The third-order valence-corrected chi connectivity index (χ3v) is 6.04. The number of thiophene rings is 1. The van der Waals surface area contributed by atoms with Gasteiger partial charge in [-0.3, -0.25) is 9.59 Å². The van der Waals surface area contributed by atoms with Crippen molar-refractivity contribution in [2.75, 3.05) is 43.1 Å². The Labute approximate surface area is 164 Å². The van der Waals surface area contributed by atoms with Crippen LogP contribution in [-0.4, -0.2) is 49.6 Å². The summed E-state index contributed by atoms with van der Waals surface area (Å²) in [5, 5.41) is 8.24. The molecular weight excluding hydrogens is 384 g/mol. The number of rotatable bonds is 5. The van der Waals surface area contributed by atoms with E-state index in [-0.39, 0.29) is 18.4 Å². The van der Waals surface area contributed by atoms with Gasteiger partial charge in [-0.2, -0.15) is 0 Å². The van der Waals surface area contributed by atoms with Crippen LogP contribution in [0.4, 0.5) is 10.8 Å². The molecule has 0 bridgehead atoms. The zero-order valence-corrected chi connectivity index (χ0v) is 16.1. The molecule has 0 saturated carbocycles. The second kappa shape index (κ2) is 8.03. The Morgan fingerprint density at radius 1 is 1.22 bits per heavy atom. The Morgan fingerprint density at radius 2 is 2.07 bits per heavy atom. The number of fused-ring (bicyclic) bond motifs is 1. The fourth-order valence-corrected chi connectivity index (χ4v) is 4.44. The molecule has 2 amide bonds. The van der Waals surface area contributed by atoms with Crippen molar-refractivity contribution in [1.82, 2.24) is 10.3 Å². The van der Waals surface area contributed by atoms with Crippen molar-refractivity contribution >= 4 is 55.5 Å². The summed E-state index contributed by atoms with van der Waals surface area (Å²) in [6.07, 6.45) is 0. The molecule has 1 aromatic carbocycles. The molecule has 0 atom stereocenters. The number of morpholine rings is 1. The Kier molecular flexibility index (Phi) is 5.33. The minimum absolute atomic E-state index is 0.0729. The van der Waals surface area contributed by atoms with Gasteiger partial charge in [0.2, 0.25) is 5.91 Å². The molecule has 1 saturated heterocycles. The zero-order chi connectivity index (χ0) is 18.6. The molecule has 4 rings (SSSR count). The first kappa shape index (κ1) is 17.9. The van der Waals surface area contributed by atoms with E-state index in [4.69, 9.17) is 4.74 Å². The van der Waals surface area contributed by atoms with Gasteiger partial charge in [-0.15, -0.1) is 11.3 Å². The van der Waals surface area contributed by atoms with Crippen LogP contribution >= 0.6 is 22.7 Å². The van der Waals surface area contributed by atoms with Crippen LogP contribution < -0.4 is 15.5 Å². The molecule has 1 aliphatic rings. The molecule has 0 unspecified atom stereocenters. The maximum absolute atomic E-state index is 12.1. The van der Waals surface area contributed by atoms with Crippen LogP contribution in [0.25, 0.3) is 10.2 Å². The first-order chi connectivity index (χ1) is 13.2. The van der Waals surface area contributed by atoms with E-state index < -0.39 is 0 Å². The Bertz CT molecular complexity index is 949. The van der Waals surface area contributed by atoms with E-state index in [0.717, 1.165) is 28.4 Å². The number of amides is 2. The highest BCUT2D eigenvalue weighted by Gasteiger charge is 2.16. The number of hydrogen-bond acceptors (Lipinski definition) is 7. The van der Waals surface area contributed by atoms with Crippen molar-refractivity contribution in [3.8, 4) is 0 Å². The first-order valence-corrected chi connectivity index (χ1v) is 10.2. The number of hydrogen-bond donors (Lipinski definition) is 2. The average Bonchev–Trinajstić information content (AvgIpc) is 3.36. The van der Waals surface area contributed by atoms with Crippen LogP contribution in [0, 0.1) is 0 Å². The molecule has 2 N–H and O–H groups in total. The van der Waals surface area contributed by atoms with Gasteiger partial charge in [0, 0.05) is 18.8 Å². The number of benzene rings is 1. The fraction of sp³-hybridized carbons (Fsp3) is 0.278. The molecule has 0 radical (unpaired) electrons. The number of carbonyl (C=O) groups is 2. The lowest BCUT2D eigenvalue weighted by Crippen LogP contribution is -2.36. The van der Waals surface area contributed by atoms with Crippen molar-refractivity contribution in [2.24, 2.45) is 0 Å². The molecule has 140 valence electrons. The highest BCUT2D eigenvalue weighted by molar-refractivity contribution is 7.22. The number of anilines is 2. The molecule has 0 spiro atoms. The quantitative estimate of drug-likeness (QED) is 0.685. The summed E-state index contributed by atoms with van der Waals surface area (Å²) < 4.78 is 6.39. The third kappa shape index (κ3) is 4.26. The van der Waals surface area contributed by atoms with Crippen molar-refractivity contribution in [1.29, 1.82) is 0 Å². The number of aromatic nitrogens is 1. The summed E-state index contributed by atoms with van der Waals surface area (Å²) in [5.41, 5.74) is 1.60. The molecule has 3 aromatic rings. The van der Waals surface area contributed by atoms with Crippen molar-refractivity contribution < 1.29 is 14.3 Å². The molecule has 1 fully saturated rings. The van der Waals surface area contributed by atoms with Gasteiger partial charge in [0.05, 0.1) is 34.9 Å². The largest absolute Gasteiger partial charge is 0.378 e. The smallest absolute Gasteiger partial charge is 0.261 e. The van der Waals surface area contributed by atoms with E-state index in [9.17, 15) is 9.59 Å².